The van der Waals surface area contributed by atoms with Gasteiger partial charge >= 0.3 is 0 Å². The van der Waals surface area contributed by atoms with Crippen molar-refractivity contribution in [2.24, 2.45) is 28.6 Å². The Balaban J connectivity index is 1.70. The summed E-state index contributed by atoms with van der Waals surface area (Å²) in [6.45, 7) is 4.30. The second-order valence-corrected chi connectivity index (χ2v) is 9.09. The van der Waals surface area contributed by atoms with Crippen molar-refractivity contribution in [1.29, 1.82) is 0 Å². The molecular weight excluding hydrogens is 292 g/mol. The third-order valence-corrected chi connectivity index (χ3v) is 8.25. The summed E-state index contributed by atoms with van der Waals surface area (Å²) in [5.74, 6) is -0.855. The van der Waals surface area contributed by atoms with Crippen molar-refractivity contribution >= 4 is 0 Å². The van der Waals surface area contributed by atoms with Crippen molar-refractivity contribution in [2.75, 3.05) is 0 Å². The number of aliphatic hydroxyl groups is 4. The minimum Gasteiger partial charge on any atom is -0.393 e. The molecule has 4 heteroatoms. The Labute approximate surface area is 138 Å². The van der Waals surface area contributed by atoms with Gasteiger partial charge in [0, 0.05) is 5.41 Å². The zero-order valence-corrected chi connectivity index (χ0v) is 14.2. The maximum absolute atomic E-state index is 10.5. The van der Waals surface area contributed by atoms with E-state index in [0.717, 1.165) is 38.5 Å². The van der Waals surface area contributed by atoms with Gasteiger partial charge in [-0.15, -0.1) is 0 Å². The standard InChI is InChI=1S/C19H30O4/c1-17-7-5-12(20)9-11(17)3-4-13-14(17)6-8-18(2)15(13)10-16(21)19(18,22)23/h3,12-16,20-23H,4-10H2,1-2H3/t12-,13+,14-,15-,16+,17-,18-/m0/s1. The molecule has 4 N–H and O–H groups in total. The Morgan fingerprint density at radius 2 is 1.78 bits per heavy atom. The number of rotatable bonds is 0. The predicted molar refractivity (Wildman–Crippen MR) is 86.3 cm³/mol. The zero-order valence-electron chi connectivity index (χ0n) is 14.2. The summed E-state index contributed by atoms with van der Waals surface area (Å²) in [5, 5.41) is 41.2. The van der Waals surface area contributed by atoms with E-state index >= 15 is 0 Å². The second kappa shape index (κ2) is 4.81. The van der Waals surface area contributed by atoms with Crippen molar-refractivity contribution < 1.29 is 20.4 Å². The highest BCUT2D eigenvalue weighted by atomic mass is 16.5. The number of aliphatic hydroxyl groups excluding tert-OH is 2. The third kappa shape index (κ3) is 1.92. The molecule has 0 aromatic heterocycles. The summed E-state index contributed by atoms with van der Waals surface area (Å²) in [6.07, 6.45) is 6.95. The molecule has 3 saturated carbocycles. The van der Waals surface area contributed by atoms with Crippen LogP contribution in [0.1, 0.15) is 58.8 Å². The summed E-state index contributed by atoms with van der Waals surface area (Å²) in [6, 6.07) is 0. The Bertz CT molecular complexity index is 541. The molecule has 3 fully saturated rings. The molecule has 0 spiro atoms. The predicted octanol–water partition coefficient (Wildman–Crippen LogP) is 1.96. The molecule has 4 aliphatic carbocycles. The van der Waals surface area contributed by atoms with E-state index in [1.165, 1.54) is 5.57 Å². The molecule has 130 valence electrons. The van der Waals surface area contributed by atoms with Crippen LogP contribution < -0.4 is 0 Å². The summed E-state index contributed by atoms with van der Waals surface area (Å²) >= 11 is 0. The maximum atomic E-state index is 10.5. The first-order chi connectivity index (χ1) is 10.7. The molecule has 0 aromatic rings. The van der Waals surface area contributed by atoms with Gasteiger partial charge in [0.25, 0.3) is 0 Å². The van der Waals surface area contributed by atoms with Crippen LogP contribution in [-0.2, 0) is 0 Å². The van der Waals surface area contributed by atoms with Crippen molar-refractivity contribution in [3.05, 3.63) is 11.6 Å². The Morgan fingerprint density at radius 3 is 2.52 bits per heavy atom. The number of fused-ring (bicyclic) bond motifs is 5. The van der Waals surface area contributed by atoms with Crippen molar-refractivity contribution in [2.45, 2.75) is 76.8 Å². The Morgan fingerprint density at radius 1 is 1.04 bits per heavy atom. The topological polar surface area (TPSA) is 80.9 Å². The first kappa shape index (κ1) is 16.1. The van der Waals surface area contributed by atoms with Crippen LogP contribution in [-0.4, -0.2) is 38.4 Å². The third-order valence-electron chi connectivity index (χ3n) is 8.25. The summed E-state index contributed by atoms with van der Waals surface area (Å²) in [5.41, 5.74) is 0.951. The summed E-state index contributed by atoms with van der Waals surface area (Å²) < 4.78 is 0. The number of allylic oxidation sites excluding steroid dienone is 1. The van der Waals surface area contributed by atoms with Crippen LogP contribution in [0.15, 0.2) is 11.6 Å². The average Bonchev–Trinajstić information content (AvgIpc) is 2.67. The lowest BCUT2D eigenvalue weighted by molar-refractivity contribution is -0.278. The van der Waals surface area contributed by atoms with Gasteiger partial charge in [-0.3, -0.25) is 0 Å². The molecule has 0 radical (unpaired) electrons. The zero-order chi connectivity index (χ0) is 16.6. The molecule has 23 heavy (non-hydrogen) atoms. The average molecular weight is 322 g/mol. The molecule has 0 amide bonds. The summed E-state index contributed by atoms with van der Waals surface area (Å²) in [4.78, 5) is 0. The lowest BCUT2D eigenvalue weighted by Crippen LogP contribution is -2.56. The Hall–Kier alpha value is -0.420. The molecule has 4 aliphatic rings. The highest BCUT2D eigenvalue weighted by Crippen LogP contribution is 2.66. The normalized spacial score (nSPS) is 54.7. The maximum Gasteiger partial charge on any atom is 0.195 e. The Kier molecular flexibility index (Phi) is 3.36. The molecule has 0 bridgehead atoms. The van der Waals surface area contributed by atoms with E-state index in [9.17, 15) is 20.4 Å². The van der Waals surface area contributed by atoms with Gasteiger partial charge in [-0.2, -0.15) is 0 Å². The van der Waals surface area contributed by atoms with Crippen molar-refractivity contribution in [1.82, 2.24) is 0 Å². The first-order valence-electron chi connectivity index (χ1n) is 9.20. The first-order valence-corrected chi connectivity index (χ1v) is 9.20. The molecule has 0 heterocycles. The monoisotopic (exact) mass is 322 g/mol. The van der Waals surface area contributed by atoms with Gasteiger partial charge in [-0.05, 0) is 68.1 Å². The highest BCUT2D eigenvalue weighted by molar-refractivity contribution is 5.26. The van der Waals surface area contributed by atoms with E-state index in [2.05, 4.69) is 13.0 Å². The smallest absolute Gasteiger partial charge is 0.195 e. The molecule has 0 unspecified atom stereocenters. The van der Waals surface area contributed by atoms with Crippen LogP contribution in [0.25, 0.3) is 0 Å². The lowest BCUT2D eigenvalue weighted by atomic mass is 9.47. The minimum absolute atomic E-state index is 0.143. The second-order valence-electron chi connectivity index (χ2n) is 9.09. The van der Waals surface area contributed by atoms with Gasteiger partial charge in [0.15, 0.2) is 5.79 Å². The van der Waals surface area contributed by atoms with E-state index in [0.29, 0.717) is 18.3 Å². The fourth-order valence-corrected chi connectivity index (χ4v) is 6.64. The van der Waals surface area contributed by atoms with Crippen LogP contribution in [0.2, 0.25) is 0 Å². The van der Waals surface area contributed by atoms with Gasteiger partial charge in [0.2, 0.25) is 0 Å². The van der Waals surface area contributed by atoms with Gasteiger partial charge in [0.05, 0.1) is 6.10 Å². The lowest BCUT2D eigenvalue weighted by Gasteiger charge is -2.58. The van der Waals surface area contributed by atoms with Gasteiger partial charge in [-0.25, -0.2) is 0 Å². The van der Waals surface area contributed by atoms with Gasteiger partial charge in [-0.1, -0.05) is 25.5 Å². The molecule has 0 aromatic carbocycles. The van der Waals surface area contributed by atoms with Crippen LogP contribution >= 0.6 is 0 Å². The van der Waals surface area contributed by atoms with Gasteiger partial charge in [0.1, 0.15) is 6.10 Å². The molecule has 4 rings (SSSR count). The van der Waals surface area contributed by atoms with Crippen molar-refractivity contribution in [3.63, 3.8) is 0 Å². The summed E-state index contributed by atoms with van der Waals surface area (Å²) in [7, 11) is 0. The minimum atomic E-state index is -1.96. The van der Waals surface area contributed by atoms with E-state index in [1.54, 1.807) is 0 Å². The molecule has 7 atom stereocenters. The van der Waals surface area contributed by atoms with Crippen molar-refractivity contribution in [3.8, 4) is 0 Å². The highest BCUT2D eigenvalue weighted by Gasteiger charge is 2.66. The van der Waals surface area contributed by atoms with Crippen LogP contribution in [0.3, 0.4) is 0 Å². The number of hydrogen-bond acceptors (Lipinski definition) is 4. The van der Waals surface area contributed by atoms with Crippen LogP contribution in [0.5, 0.6) is 0 Å². The molecule has 0 saturated heterocycles. The van der Waals surface area contributed by atoms with E-state index < -0.39 is 17.3 Å². The van der Waals surface area contributed by atoms with E-state index in [4.69, 9.17) is 0 Å². The SMILES string of the molecule is C[C@]12CC[C@H](O)CC1=CC[C@@H]1[C@@H]2CC[C@@]2(C)[C@H]1C[C@@H](O)C2(O)O. The number of hydrogen-bond donors (Lipinski definition) is 4. The largest absolute Gasteiger partial charge is 0.393 e. The quantitative estimate of drug-likeness (QED) is 0.406. The molecular formula is C19H30O4. The molecule has 4 nitrogen and oxygen atoms in total. The van der Waals surface area contributed by atoms with Crippen LogP contribution in [0, 0.1) is 28.6 Å². The fraction of sp³-hybridized carbons (Fsp3) is 0.895. The van der Waals surface area contributed by atoms with E-state index in [-0.39, 0.29) is 17.4 Å². The van der Waals surface area contributed by atoms with E-state index in [1.807, 2.05) is 6.92 Å². The van der Waals surface area contributed by atoms with Crippen LogP contribution in [0.4, 0.5) is 0 Å². The fourth-order valence-electron chi connectivity index (χ4n) is 6.64. The molecule has 0 aliphatic heterocycles. The van der Waals surface area contributed by atoms with Gasteiger partial charge < -0.3 is 20.4 Å².